The van der Waals surface area contributed by atoms with E-state index in [0.29, 0.717) is 0 Å². The molecule has 0 saturated carbocycles. The molecule has 0 fully saturated rings. The number of nitrogens with two attached hydrogens (primary N) is 1. The number of carboxylic acid groups (broad SMARTS) is 1. The van der Waals surface area contributed by atoms with Crippen molar-refractivity contribution in [1.82, 2.24) is 5.32 Å². The number of carbonyl (C=O) groups is 3. The minimum atomic E-state index is -1.75. The highest BCUT2D eigenvalue weighted by Gasteiger charge is 2.26. The molecule has 0 saturated heterocycles. The summed E-state index contributed by atoms with van der Waals surface area (Å²) in [6.07, 6.45) is -0.758. The maximum absolute atomic E-state index is 13.3. The van der Waals surface area contributed by atoms with Crippen LogP contribution in [0.4, 0.5) is 13.2 Å². The van der Waals surface area contributed by atoms with E-state index in [-0.39, 0.29) is 12.1 Å². The van der Waals surface area contributed by atoms with Crippen LogP contribution in [-0.4, -0.2) is 28.9 Å². The van der Waals surface area contributed by atoms with Gasteiger partial charge in [0.15, 0.2) is 0 Å². The first-order valence-electron chi connectivity index (χ1n) is 5.19. The number of hydrogen-bond acceptors (Lipinski definition) is 3. The van der Waals surface area contributed by atoms with Crippen molar-refractivity contribution in [3.63, 3.8) is 0 Å². The van der Waals surface area contributed by atoms with Gasteiger partial charge in [0, 0.05) is 12.1 Å². The summed E-state index contributed by atoms with van der Waals surface area (Å²) in [5.41, 5.74) is 3.62. The third-order valence-corrected chi connectivity index (χ3v) is 2.24. The summed E-state index contributed by atoms with van der Waals surface area (Å²) in [7, 11) is 0. The molecule has 1 atom stereocenters. The molecular weight excluding hydrogens is 281 g/mol. The Kier molecular flexibility index (Phi) is 4.68. The highest BCUT2D eigenvalue weighted by molar-refractivity contribution is 5.98. The topological polar surface area (TPSA) is 109 Å². The van der Waals surface area contributed by atoms with E-state index >= 15 is 0 Å². The van der Waals surface area contributed by atoms with Crippen LogP contribution in [-0.2, 0) is 9.59 Å². The zero-order chi connectivity index (χ0) is 15.4. The number of benzene rings is 1. The molecule has 0 aliphatic heterocycles. The third-order valence-electron chi connectivity index (χ3n) is 2.24. The number of hydrogen-bond donors (Lipinski definition) is 3. The van der Waals surface area contributed by atoms with Crippen LogP contribution in [0, 0.1) is 17.5 Å². The smallest absolute Gasteiger partial charge is 0.326 e. The second kappa shape index (κ2) is 6.04. The standard InChI is InChI=1S/C11H9F3N2O4/c12-4-1-5(13)9(6(14)2-4)10(18)16-7(11(19)20)3-8(15)17/h1-2,7H,3H2,(H2,15,17)(H,16,18)(H,19,20)/t7-/m0/s1. The van der Waals surface area contributed by atoms with E-state index in [2.05, 4.69) is 0 Å². The lowest BCUT2D eigenvalue weighted by atomic mass is 10.1. The molecule has 2 amide bonds. The molecule has 6 nitrogen and oxygen atoms in total. The normalized spacial score (nSPS) is 11.8. The number of rotatable bonds is 5. The Morgan fingerprint density at radius 3 is 2.10 bits per heavy atom. The molecule has 0 radical (unpaired) electrons. The van der Waals surface area contributed by atoms with E-state index in [1.807, 2.05) is 0 Å². The molecule has 20 heavy (non-hydrogen) atoms. The Morgan fingerprint density at radius 1 is 1.20 bits per heavy atom. The lowest BCUT2D eigenvalue weighted by molar-refractivity contribution is -0.140. The fourth-order valence-electron chi connectivity index (χ4n) is 1.39. The molecule has 0 aliphatic carbocycles. The van der Waals surface area contributed by atoms with Gasteiger partial charge >= 0.3 is 5.97 Å². The molecule has 1 aromatic carbocycles. The molecule has 0 spiro atoms. The minimum absolute atomic E-state index is 0.266. The van der Waals surface area contributed by atoms with Crippen LogP contribution in [0.5, 0.6) is 0 Å². The van der Waals surface area contributed by atoms with Crippen molar-refractivity contribution in [2.24, 2.45) is 5.73 Å². The van der Waals surface area contributed by atoms with Crippen molar-refractivity contribution >= 4 is 17.8 Å². The molecule has 4 N–H and O–H groups in total. The summed E-state index contributed by atoms with van der Waals surface area (Å²) in [6.45, 7) is 0. The fourth-order valence-corrected chi connectivity index (χ4v) is 1.39. The average Bonchev–Trinajstić information content (AvgIpc) is 2.25. The van der Waals surface area contributed by atoms with Crippen LogP contribution >= 0.6 is 0 Å². The maximum atomic E-state index is 13.3. The first-order valence-corrected chi connectivity index (χ1v) is 5.19. The van der Waals surface area contributed by atoms with Crippen LogP contribution in [0.25, 0.3) is 0 Å². The van der Waals surface area contributed by atoms with Gasteiger partial charge in [-0.3, -0.25) is 9.59 Å². The van der Waals surface area contributed by atoms with Gasteiger partial charge in [-0.1, -0.05) is 0 Å². The molecule has 0 bridgehead atoms. The summed E-state index contributed by atoms with van der Waals surface area (Å²) in [5.74, 6) is -8.30. The molecule has 0 heterocycles. The molecule has 0 aliphatic rings. The van der Waals surface area contributed by atoms with Crippen molar-refractivity contribution in [3.05, 3.63) is 35.1 Å². The van der Waals surface area contributed by atoms with Gasteiger partial charge in [-0.05, 0) is 0 Å². The SMILES string of the molecule is NC(=O)C[C@H](NC(=O)c1c(F)cc(F)cc1F)C(=O)O. The van der Waals surface area contributed by atoms with Crippen molar-refractivity contribution in [1.29, 1.82) is 0 Å². The number of carboxylic acids is 1. The van der Waals surface area contributed by atoms with Crippen LogP contribution in [0.2, 0.25) is 0 Å². The summed E-state index contributed by atoms with van der Waals surface area (Å²) >= 11 is 0. The predicted molar refractivity (Wildman–Crippen MR) is 59.0 cm³/mol. The lowest BCUT2D eigenvalue weighted by Gasteiger charge is -2.13. The summed E-state index contributed by atoms with van der Waals surface area (Å²) in [4.78, 5) is 32.9. The van der Waals surface area contributed by atoms with E-state index in [1.54, 1.807) is 5.32 Å². The van der Waals surface area contributed by atoms with E-state index in [0.717, 1.165) is 0 Å². The summed E-state index contributed by atoms with van der Waals surface area (Å²) in [5, 5.41) is 10.5. The largest absolute Gasteiger partial charge is 0.480 e. The van der Waals surface area contributed by atoms with Crippen LogP contribution in [0.3, 0.4) is 0 Å². The third kappa shape index (κ3) is 3.70. The molecule has 1 aromatic rings. The second-order valence-corrected chi connectivity index (χ2v) is 3.78. The molecule has 0 aromatic heterocycles. The lowest BCUT2D eigenvalue weighted by Crippen LogP contribution is -2.43. The number of aliphatic carboxylic acids is 1. The first-order chi connectivity index (χ1) is 9.22. The highest BCUT2D eigenvalue weighted by atomic mass is 19.1. The number of carbonyl (C=O) groups excluding carboxylic acids is 2. The molecule has 1 rings (SSSR count). The highest BCUT2D eigenvalue weighted by Crippen LogP contribution is 2.15. The quantitative estimate of drug-likeness (QED) is 0.717. The summed E-state index contributed by atoms with van der Waals surface area (Å²) < 4.78 is 39.3. The molecule has 9 heteroatoms. The van der Waals surface area contributed by atoms with Gasteiger partial charge in [0.2, 0.25) is 5.91 Å². The van der Waals surface area contributed by atoms with Crippen molar-refractivity contribution < 1.29 is 32.7 Å². The van der Waals surface area contributed by atoms with Gasteiger partial charge in [0.25, 0.3) is 5.91 Å². The minimum Gasteiger partial charge on any atom is -0.480 e. The Morgan fingerprint density at radius 2 is 1.70 bits per heavy atom. The number of nitrogens with one attached hydrogen (secondary N) is 1. The van der Waals surface area contributed by atoms with E-state index in [1.165, 1.54) is 0 Å². The van der Waals surface area contributed by atoms with Gasteiger partial charge in [0.05, 0.1) is 6.42 Å². The maximum Gasteiger partial charge on any atom is 0.326 e. The Balaban J connectivity index is 3.01. The Labute approximate surface area is 110 Å². The Bertz CT molecular complexity index is 554. The van der Waals surface area contributed by atoms with E-state index in [4.69, 9.17) is 10.8 Å². The van der Waals surface area contributed by atoms with Gasteiger partial charge in [0.1, 0.15) is 29.1 Å². The van der Waals surface area contributed by atoms with Crippen molar-refractivity contribution in [2.75, 3.05) is 0 Å². The van der Waals surface area contributed by atoms with Crippen LogP contribution < -0.4 is 11.1 Å². The van der Waals surface area contributed by atoms with Gasteiger partial charge < -0.3 is 16.2 Å². The van der Waals surface area contributed by atoms with Gasteiger partial charge in [-0.2, -0.15) is 0 Å². The number of amides is 2. The monoisotopic (exact) mass is 290 g/mol. The average molecular weight is 290 g/mol. The van der Waals surface area contributed by atoms with E-state index in [9.17, 15) is 27.6 Å². The zero-order valence-corrected chi connectivity index (χ0v) is 9.82. The molecular formula is C11H9F3N2O4. The van der Waals surface area contributed by atoms with Crippen molar-refractivity contribution in [2.45, 2.75) is 12.5 Å². The second-order valence-electron chi connectivity index (χ2n) is 3.78. The first kappa shape index (κ1) is 15.5. The van der Waals surface area contributed by atoms with Gasteiger partial charge in [-0.25, -0.2) is 18.0 Å². The number of primary amides is 1. The van der Waals surface area contributed by atoms with Gasteiger partial charge in [-0.15, -0.1) is 0 Å². The van der Waals surface area contributed by atoms with Crippen LogP contribution in [0.1, 0.15) is 16.8 Å². The summed E-state index contributed by atoms with van der Waals surface area (Å²) in [6, 6.07) is -1.21. The molecule has 108 valence electrons. The molecule has 0 unspecified atom stereocenters. The zero-order valence-electron chi connectivity index (χ0n) is 9.82. The number of halogens is 3. The Hall–Kier alpha value is -2.58. The van der Waals surface area contributed by atoms with E-state index < -0.39 is 53.3 Å². The van der Waals surface area contributed by atoms with Crippen molar-refractivity contribution in [3.8, 4) is 0 Å². The van der Waals surface area contributed by atoms with Crippen LogP contribution in [0.15, 0.2) is 12.1 Å². The fraction of sp³-hybridized carbons (Fsp3) is 0.182. The predicted octanol–water partition coefficient (Wildman–Crippen LogP) is 0.162.